The minimum atomic E-state index is -0.199. The van der Waals surface area contributed by atoms with Crippen LogP contribution in [0.15, 0.2) is 6.07 Å². The maximum absolute atomic E-state index is 11.3. The van der Waals surface area contributed by atoms with Crippen LogP contribution in [0.25, 0.3) is 0 Å². The Morgan fingerprint density at radius 1 is 1.67 bits per heavy atom. The number of carbonyl (C=O) groups excluding carboxylic acids is 1. The van der Waals surface area contributed by atoms with Crippen molar-refractivity contribution in [2.75, 3.05) is 5.75 Å². The van der Waals surface area contributed by atoms with Gasteiger partial charge in [0.25, 0.3) is 5.91 Å². The molecule has 0 saturated heterocycles. The van der Waals surface area contributed by atoms with E-state index in [-0.39, 0.29) is 5.91 Å². The largest absolute Gasteiger partial charge is 0.289 e. The van der Waals surface area contributed by atoms with Crippen LogP contribution in [-0.2, 0) is 5.75 Å². The lowest BCUT2D eigenvalue weighted by molar-refractivity contribution is 0.0957. The fraction of sp³-hybridized carbons (Fsp3) is 0.500. The lowest BCUT2D eigenvalue weighted by Gasteiger charge is -1.97. The van der Waals surface area contributed by atoms with E-state index in [1.54, 1.807) is 0 Å². The van der Waals surface area contributed by atoms with E-state index in [0.29, 0.717) is 4.88 Å². The van der Waals surface area contributed by atoms with Crippen molar-refractivity contribution in [3.05, 3.63) is 21.4 Å². The smallest absolute Gasteiger partial charge is 0.275 e. The van der Waals surface area contributed by atoms with Crippen molar-refractivity contribution in [1.82, 2.24) is 5.43 Å². The average molecular weight is 244 g/mol. The van der Waals surface area contributed by atoms with Crippen LogP contribution >= 0.6 is 23.1 Å². The van der Waals surface area contributed by atoms with Crippen LogP contribution < -0.4 is 11.3 Å². The number of amides is 1. The van der Waals surface area contributed by atoms with Gasteiger partial charge in [0.15, 0.2) is 0 Å². The van der Waals surface area contributed by atoms with Gasteiger partial charge < -0.3 is 0 Å². The van der Waals surface area contributed by atoms with E-state index in [1.807, 2.05) is 24.8 Å². The van der Waals surface area contributed by atoms with Gasteiger partial charge in [-0.15, -0.1) is 11.3 Å². The lowest BCUT2D eigenvalue weighted by atomic mass is 10.3. The average Bonchev–Trinajstić information content (AvgIpc) is 2.60. The second-order valence-corrected chi connectivity index (χ2v) is 5.58. The van der Waals surface area contributed by atoms with Crippen molar-refractivity contribution in [2.45, 2.75) is 26.0 Å². The molecule has 0 spiro atoms. The van der Waals surface area contributed by atoms with Gasteiger partial charge in [0.2, 0.25) is 0 Å². The zero-order chi connectivity index (χ0) is 11.3. The summed E-state index contributed by atoms with van der Waals surface area (Å²) in [4.78, 5) is 13.2. The fourth-order valence-electron chi connectivity index (χ4n) is 1.17. The summed E-state index contributed by atoms with van der Waals surface area (Å²) in [6, 6.07) is 1.94. The molecule has 0 saturated carbocycles. The van der Waals surface area contributed by atoms with Gasteiger partial charge in [-0.25, -0.2) is 5.84 Å². The molecule has 84 valence electrons. The Labute approximate surface area is 98.4 Å². The molecule has 0 bridgehead atoms. The van der Waals surface area contributed by atoms with E-state index in [2.05, 4.69) is 12.3 Å². The molecule has 1 aromatic rings. The summed E-state index contributed by atoms with van der Waals surface area (Å²) in [5.41, 5.74) is 3.40. The third-order valence-corrected chi connectivity index (χ3v) is 4.29. The lowest BCUT2D eigenvalue weighted by Crippen LogP contribution is -2.29. The Bertz CT molecular complexity index is 336. The van der Waals surface area contributed by atoms with E-state index in [9.17, 15) is 4.79 Å². The van der Waals surface area contributed by atoms with Crippen LogP contribution in [0.4, 0.5) is 0 Å². The predicted molar refractivity (Wildman–Crippen MR) is 67.2 cm³/mol. The molecule has 5 heteroatoms. The highest BCUT2D eigenvalue weighted by atomic mass is 32.2. The number of hydrogen-bond donors (Lipinski definition) is 2. The Kier molecular flexibility index (Phi) is 5.14. The van der Waals surface area contributed by atoms with E-state index < -0.39 is 0 Å². The monoisotopic (exact) mass is 244 g/mol. The molecule has 1 amide bonds. The second-order valence-electron chi connectivity index (χ2n) is 3.22. The molecule has 1 heterocycles. The first-order chi connectivity index (χ1) is 7.19. The van der Waals surface area contributed by atoms with Gasteiger partial charge in [0, 0.05) is 10.6 Å². The number of aryl methyl sites for hydroxylation is 1. The number of nitrogens with two attached hydrogens (primary N) is 1. The zero-order valence-electron chi connectivity index (χ0n) is 9.00. The Balaban J connectivity index is 2.64. The maximum atomic E-state index is 11.3. The third kappa shape index (κ3) is 3.52. The highest BCUT2D eigenvalue weighted by Gasteiger charge is 2.10. The number of nitrogens with one attached hydrogen (secondary N) is 1. The predicted octanol–water partition coefficient (Wildman–Crippen LogP) is 2.30. The summed E-state index contributed by atoms with van der Waals surface area (Å²) in [5, 5.41) is 0. The summed E-state index contributed by atoms with van der Waals surface area (Å²) in [6.45, 7) is 4.21. The van der Waals surface area contributed by atoms with E-state index >= 15 is 0 Å². The van der Waals surface area contributed by atoms with Gasteiger partial charge in [-0.3, -0.25) is 10.2 Å². The van der Waals surface area contributed by atoms with Crippen LogP contribution in [-0.4, -0.2) is 11.7 Å². The molecule has 0 unspecified atom stereocenters. The van der Waals surface area contributed by atoms with Crippen molar-refractivity contribution in [1.29, 1.82) is 0 Å². The summed E-state index contributed by atoms with van der Waals surface area (Å²) >= 11 is 3.40. The van der Waals surface area contributed by atoms with Crippen LogP contribution in [0, 0.1) is 6.92 Å². The highest BCUT2D eigenvalue weighted by Crippen LogP contribution is 2.25. The Morgan fingerprint density at radius 2 is 2.40 bits per heavy atom. The SMILES string of the molecule is CCCSCc1cc(C(=O)NN)sc1C. The van der Waals surface area contributed by atoms with Gasteiger partial charge in [-0.05, 0) is 30.7 Å². The quantitative estimate of drug-likeness (QED) is 0.362. The van der Waals surface area contributed by atoms with E-state index in [4.69, 9.17) is 5.84 Å². The van der Waals surface area contributed by atoms with Crippen molar-refractivity contribution in [2.24, 2.45) is 5.84 Å². The molecular weight excluding hydrogens is 228 g/mol. The molecule has 15 heavy (non-hydrogen) atoms. The summed E-state index contributed by atoms with van der Waals surface area (Å²) in [6.07, 6.45) is 1.18. The van der Waals surface area contributed by atoms with Gasteiger partial charge in [0.05, 0.1) is 4.88 Å². The number of carbonyl (C=O) groups is 1. The summed E-state index contributed by atoms with van der Waals surface area (Å²) in [7, 11) is 0. The Morgan fingerprint density at radius 3 is 3.00 bits per heavy atom. The van der Waals surface area contributed by atoms with Gasteiger partial charge in [-0.2, -0.15) is 11.8 Å². The van der Waals surface area contributed by atoms with Crippen molar-refractivity contribution < 1.29 is 4.79 Å². The zero-order valence-corrected chi connectivity index (χ0v) is 10.6. The summed E-state index contributed by atoms with van der Waals surface area (Å²) < 4.78 is 0. The van der Waals surface area contributed by atoms with Gasteiger partial charge in [0.1, 0.15) is 0 Å². The molecule has 0 fully saturated rings. The molecule has 0 aliphatic heterocycles. The topological polar surface area (TPSA) is 55.1 Å². The molecule has 1 aromatic heterocycles. The van der Waals surface area contributed by atoms with Crippen molar-refractivity contribution in [3.63, 3.8) is 0 Å². The minimum Gasteiger partial charge on any atom is -0.289 e. The van der Waals surface area contributed by atoms with E-state index in [1.165, 1.54) is 28.2 Å². The van der Waals surface area contributed by atoms with Crippen molar-refractivity contribution >= 4 is 29.0 Å². The van der Waals surface area contributed by atoms with Crippen LogP contribution in [0.2, 0.25) is 0 Å². The van der Waals surface area contributed by atoms with Crippen LogP contribution in [0.5, 0.6) is 0 Å². The van der Waals surface area contributed by atoms with Crippen LogP contribution in [0.3, 0.4) is 0 Å². The first-order valence-electron chi connectivity index (χ1n) is 4.87. The number of rotatable bonds is 5. The first-order valence-corrected chi connectivity index (χ1v) is 6.84. The molecule has 0 aliphatic carbocycles. The normalized spacial score (nSPS) is 10.3. The number of hydrogen-bond acceptors (Lipinski definition) is 4. The molecule has 0 aliphatic rings. The van der Waals surface area contributed by atoms with E-state index in [0.717, 1.165) is 11.5 Å². The highest BCUT2D eigenvalue weighted by molar-refractivity contribution is 7.98. The fourth-order valence-corrected chi connectivity index (χ4v) is 3.16. The number of thioether (sulfide) groups is 1. The molecule has 0 atom stereocenters. The standard InChI is InChI=1S/C10H16N2OS2/c1-3-4-14-6-8-5-9(10(13)12-11)15-7(8)2/h5H,3-4,6,11H2,1-2H3,(H,12,13). The maximum Gasteiger partial charge on any atom is 0.275 e. The molecule has 1 rings (SSSR count). The number of nitrogen functional groups attached to an aromatic ring is 1. The number of hydrazine groups is 1. The molecular formula is C10H16N2OS2. The summed E-state index contributed by atoms with van der Waals surface area (Å²) in [5.74, 6) is 7.03. The number of thiophene rings is 1. The first kappa shape index (κ1) is 12.5. The molecule has 0 radical (unpaired) electrons. The minimum absolute atomic E-state index is 0.199. The van der Waals surface area contributed by atoms with Gasteiger partial charge >= 0.3 is 0 Å². The van der Waals surface area contributed by atoms with Crippen LogP contribution in [0.1, 0.15) is 33.5 Å². The molecule has 3 nitrogen and oxygen atoms in total. The molecule has 0 aromatic carbocycles. The third-order valence-electron chi connectivity index (χ3n) is 1.98. The van der Waals surface area contributed by atoms with Gasteiger partial charge in [-0.1, -0.05) is 6.92 Å². The molecule has 3 N–H and O–H groups in total. The Hall–Kier alpha value is -0.520. The second kappa shape index (κ2) is 6.15. The van der Waals surface area contributed by atoms with Crippen molar-refractivity contribution in [3.8, 4) is 0 Å².